The Hall–Kier alpha value is -2.25. The Morgan fingerprint density at radius 2 is 1.71 bits per heavy atom. The van der Waals surface area contributed by atoms with Crippen LogP contribution in [0.1, 0.15) is 19.4 Å². The quantitative estimate of drug-likeness (QED) is 0.841. The van der Waals surface area contributed by atoms with E-state index >= 15 is 0 Å². The molecule has 0 aliphatic carbocycles. The van der Waals surface area contributed by atoms with Gasteiger partial charge >= 0.3 is 0 Å². The molecule has 128 valence electrons. The van der Waals surface area contributed by atoms with E-state index in [0.29, 0.717) is 11.3 Å². The Bertz CT molecular complexity index is 818. The molecular weight excluding hydrogens is 331 g/mol. The van der Waals surface area contributed by atoms with Crippen molar-refractivity contribution in [1.82, 2.24) is 4.72 Å². The Morgan fingerprint density at radius 1 is 1.08 bits per heavy atom. The predicted octanol–water partition coefficient (Wildman–Crippen LogP) is 2.69. The molecule has 0 atom stereocenters. The van der Waals surface area contributed by atoms with Crippen LogP contribution in [0.3, 0.4) is 0 Å². The van der Waals surface area contributed by atoms with Gasteiger partial charge in [-0.3, -0.25) is 4.79 Å². The summed E-state index contributed by atoms with van der Waals surface area (Å²) in [5.74, 6) is -0.815. The van der Waals surface area contributed by atoms with Crippen molar-refractivity contribution in [3.63, 3.8) is 0 Å². The first kappa shape index (κ1) is 18.1. The van der Waals surface area contributed by atoms with E-state index in [4.69, 9.17) is 0 Å². The van der Waals surface area contributed by atoms with E-state index < -0.39 is 15.8 Å². The van der Waals surface area contributed by atoms with Crippen molar-refractivity contribution in [2.75, 3.05) is 5.32 Å². The highest BCUT2D eigenvalue weighted by atomic mass is 32.2. The molecule has 0 heterocycles. The van der Waals surface area contributed by atoms with Gasteiger partial charge in [-0.1, -0.05) is 18.2 Å². The van der Waals surface area contributed by atoms with Crippen LogP contribution in [-0.2, 0) is 21.2 Å². The number of anilines is 1. The lowest BCUT2D eigenvalue weighted by molar-refractivity contribution is -0.115. The molecule has 0 aliphatic heterocycles. The van der Waals surface area contributed by atoms with E-state index in [2.05, 4.69) is 10.0 Å². The molecule has 7 heteroatoms. The maximum atomic E-state index is 13.5. The van der Waals surface area contributed by atoms with Gasteiger partial charge in [-0.15, -0.1) is 0 Å². The van der Waals surface area contributed by atoms with Gasteiger partial charge in [0.1, 0.15) is 5.82 Å². The molecule has 0 aromatic heterocycles. The highest BCUT2D eigenvalue weighted by Gasteiger charge is 2.15. The summed E-state index contributed by atoms with van der Waals surface area (Å²) in [6, 6.07) is 11.6. The molecule has 0 unspecified atom stereocenters. The number of benzene rings is 2. The highest BCUT2D eigenvalue weighted by Crippen LogP contribution is 2.15. The summed E-state index contributed by atoms with van der Waals surface area (Å²) in [6.45, 7) is 3.46. The normalized spacial score (nSPS) is 11.5. The average molecular weight is 350 g/mol. The second-order valence-corrected chi connectivity index (χ2v) is 7.33. The summed E-state index contributed by atoms with van der Waals surface area (Å²) in [5, 5.41) is 2.62. The fourth-order valence-corrected chi connectivity index (χ4v) is 3.37. The zero-order valence-corrected chi connectivity index (χ0v) is 14.2. The number of amides is 1. The van der Waals surface area contributed by atoms with Gasteiger partial charge in [-0.2, -0.15) is 0 Å². The van der Waals surface area contributed by atoms with Gasteiger partial charge in [0, 0.05) is 11.7 Å². The van der Waals surface area contributed by atoms with Gasteiger partial charge in [0.05, 0.1) is 11.3 Å². The SMILES string of the molecule is CC(C)NS(=O)(=O)c1ccc(NC(=O)Cc2ccccc2F)cc1. The number of nitrogens with one attached hydrogen (secondary N) is 2. The lowest BCUT2D eigenvalue weighted by Gasteiger charge is -2.10. The molecule has 0 fully saturated rings. The molecule has 0 bridgehead atoms. The zero-order valence-electron chi connectivity index (χ0n) is 13.4. The lowest BCUT2D eigenvalue weighted by Crippen LogP contribution is -2.30. The van der Waals surface area contributed by atoms with Gasteiger partial charge in [0.2, 0.25) is 15.9 Å². The number of hydrogen-bond acceptors (Lipinski definition) is 3. The zero-order chi connectivity index (χ0) is 17.7. The first-order valence-corrected chi connectivity index (χ1v) is 8.92. The maximum Gasteiger partial charge on any atom is 0.240 e. The van der Waals surface area contributed by atoms with Crippen LogP contribution in [0.15, 0.2) is 53.4 Å². The molecule has 0 saturated carbocycles. The summed E-state index contributed by atoms with van der Waals surface area (Å²) in [5.41, 5.74) is 0.746. The molecule has 0 saturated heterocycles. The smallest absolute Gasteiger partial charge is 0.240 e. The first-order valence-electron chi connectivity index (χ1n) is 7.43. The van der Waals surface area contributed by atoms with Crippen molar-refractivity contribution >= 4 is 21.6 Å². The van der Waals surface area contributed by atoms with Crippen molar-refractivity contribution in [2.24, 2.45) is 0 Å². The molecule has 0 aliphatic rings. The monoisotopic (exact) mass is 350 g/mol. The summed E-state index contributed by atoms with van der Waals surface area (Å²) in [6.07, 6.45) is -0.0956. The van der Waals surface area contributed by atoms with E-state index in [1.54, 1.807) is 32.0 Å². The molecule has 2 aromatic rings. The van der Waals surface area contributed by atoms with Crippen LogP contribution in [0.25, 0.3) is 0 Å². The number of carbonyl (C=O) groups is 1. The van der Waals surface area contributed by atoms with E-state index in [-0.39, 0.29) is 23.3 Å². The van der Waals surface area contributed by atoms with Crippen LogP contribution in [0, 0.1) is 5.82 Å². The number of halogens is 1. The molecule has 0 radical (unpaired) electrons. The molecular formula is C17H19FN2O3S. The van der Waals surface area contributed by atoms with E-state index in [9.17, 15) is 17.6 Å². The number of sulfonamides is 1. The minimum atomic E-state index is -3.57. The highest BCUT2D eigenvalue weighted by molar-refractivity contribution is 7.89. The van der Waals surface area contributed by atoms with Gasteiger partial charge in [0.15, 0.2) is 0 Å². The fraction of sp³-hybridized carbons (Fsp3) is 0.235. The average Bonchev–Trinajstić information content (AvgIpc) is 2.49. The molecule has 1 amide bonds. The minimum absolute atomic E-state index is 0.0956. The Kier molecular flexibility index (Phi) is 5.69. The van der Waals surface area contributed by atoms with Crippen molar-refractivity contribution in [2.45, 2.75) is 31.2 Å². The number of rotatable bonds is 6. The maximum absolute atomic E-state index is 13.5. The summed E-state index contributed by atoms with van der Waals surface area (Å²) in [7, 11) is -3.57. The molecule has 2 aromatic carbocycles. The Labute approximate surface area is 141 Å². The summed E-state index contributed by atoms with van der Waals surface area (Å²) < 4.78 is 40.0. The Morgan fingerprint density at radius 3 is 2.29 bits per heavy atom. The van der Waals surface area contributed by atoms with E-state index in [0.717, 1.165) is 0 Å². The van der Waals surface area contributed by atoms with Crippen molar-refractivity contribution in [3.05, 3.63) is 59.9 Å². The van der Waals surface area contributed by atoms with Crippen LogP contribution >= 0.6 is 0 Å². The van der Waals surface area contributed by atoms with Crippen molar-refractivity contribution in [1.29, 1.82) is 0 Å². The third-order valence-electron chi connectivity index (χ3n) is 3.15. The molecule has 0 spiro atoms. The minimum Gasteiger partial charge on any atom is -0.326 e. The Balaban J connectivity index is 2.04. The van der Waals surface area contributed by atoms with E-state index in [1.807, 2.05) is 0 Å². The van der Waals surface area contributed by atoms with Gasteiger partial charge in [-0.25, -0.2) is 17.5 Å². The fourth-order valence-electron chi connectivity index (χ4n) is 2.12. The predicted molar refractivity (Wildman–Crippen MR) is 90.6 cm³/mol. The van der Waals surface area contributed by atoms with Crippen LogP contribution in [0.2, 0.25) is 0 Å². The van der Waals surface area contributed by atoms with Crippen LogP contribution in [0.5, 0.6) is 0 Å². The van der Waals surface area contributed by atoms with Crippen molar-refractivity contribution < 1.29 is 17.6 Å². The van der Waals surface area contributed by atoms with Crippen molar-refractivity contribution in [3.8, 4) is 0 Å². The van der Waals surface area contributed by atoms with Gasteiger partial charge < -0.3 is 5.32 Å². The van der Waals surface area contributed by atoms with Crippen LogP contribution in [0.4, 0.5) is 10.1 Å². The lowest BCUT2D eigenvalue weighted by atomic mass is 10.1. The third-order valence-corrected chi connectivity index (χ3v) is 4.82. The third kappa shape index (κ3) is 4.87. The topological polar surface area (TPSA) is 75.3 Å². The molecule has 2 rings (SSSR count). The van der Waals surface area contributed by atoms with E-state index in [1.165, 1.54) is 30.3 Å². The van der Waals surface area contributed by atoms with Crippen LogP contribution < -0.4 is 10.0 Å². The summed E-state index contributed by atoms with van der Waals surface area (Å²) in [4.78, 5) is 12.1. The number of hydrogen-bond donors (Lipinski definition) is 2. The molecule has 5 nitrogen and oxygen atoms in total. The molecule has 24 heavy (non-hydrogen) atoms. The second kappa shape index (κ2) is 7.55. The first-order chi connectivity index (χ1) is 11.3. The van der Waals surface area contributed by atoms with Crippen LogP contribution in [-0.4, -0.2) is 20.4 Å². The molecule has 2 N–H and O–H groups in total. The largest absolute Gasteiger partial charge is 0.326 e. The number of carbonyl (C=O) groups excluding carboxylic acids is 1. The second-order valence-electron chi connectivity index (χ2n) is 5.62. The van der Waals surface area contributed by atoms with Gasteiger partial charge in [-0.05, 0) is 49.7 Å². The standard InChI is InChI=1S/C17H19FN2O3S/c1-12(2)20-24(22,23)15-9-7-14(8-10-15)19-17(21)11-13-5-3-4-6-16(13)18/h3-10,12,20H,11H2,1-2H3,(H,19,21). The van der Waals surface area contributed by atoms with Gasteiger partial charge in [0.25, 0.3) is 0 Å². The summed E-state index contributed by atoms with van der Waals surface area (Å²) >= 11 is 0.